The summed E-state index contributed by atoms with van der Waals surface area (Å²) >= 11 is 0. The molecule has 0 amide bonds. The fourth-order valence-electron chi connectivity index (χ4n) is 4.12. The molecule has 6 atom stereocenters. The molecule has 0 saturated carbocycles. The Labute approximate surface area is 242 Å². The summed E-state index contributed by atoms with van der Waals surface area (Å²) in [5.74, 6) is 0. The van der Waals surface area contributed by atoms with E-state index < -0.39 is 66.3 Å². The lowest BCUT2D eigenvalue weighted by molar-refractivity contribution is -0.109. The topological polar surface area (TPSA) is 93.9 Å². The van der Waals surface area contributed by atoms with Crippen LogP contribution in [0.15, 0.2) is 0 Å². The number of hydrogen-bond acceptors (Lipinski definition) is 8. The highest BCUT2D eigenvalue weighted by molar-refractivity contribution is 7.63. The van der Waals surface area contributed by atoms with Crippen molar-refractivity contribution in [3.8, 4) is 0 Å². The summed E-state index contributed by atoms with van der Waals surface area (Å²) < 4.78 is 93.6. The second-order valence-electron chi connectivity index (χ2n) is 12.4. The molecule has 0 spiro atoms. The van der Waals surface area contributed by atoms with Gasteiger partial charge in [0.15, 0.2) is 15.7 Å². The van der Waals surface area contributed by atoms with Gasteiger partial charge in [0.25, 0.3) is 13.2 Å². The third-order valence-electron chi connectivity index (χ3n) is 7.62. The number of ether oxygens (including phenoxy) is 1. The van der Waals surface area contributed by atoms with Gasteiger partial charge in [0, 0.05) is 19.9 Å². The van der Waals surface area contributed by atoms with Crippen molar-refractivity contribution in [2.24, 2.45) is 0 Å². The van der Waals surface area contributed by atoms with E-state index in [2.05, 4.69) is 31.9 Å². The molecule has 1 fully saturated rings. The van der Waals surface area contributed by atoms with Crippen molar-refractivity contribution in [1.82, 2.24) is 0 Å². The van der Waals surface area contributed by atoms with Gasteiger partial charge in [-0.05, 0) is 51.1 Å². The van der Waals surface area contributed by atoms with Gasteiger partial charge in [-0.1, -0.05) is 20.8 Å². The maximum Gasteiger partial charge on any atom is 0.300 e. The molecule has 0 aromatic rings. The van der Waals surface area contributed by atoms with Gasteiger partial charge in [-0.15, -0.1) is 0 Å². The number of halogens is 2. The standard InChI is InChI=1S/C24H49BF2NO8P3Si/c1-13-32-38(9,30)17-14-23(18-24(26,27)37(7,8)29)20(35-39(10,31-6)33-16-15-28-5)19(21(25)34-23)36-40(11,12)22(2,3)4/h19-21H,10,13-18,25H2,1-4,6-9,11-12H3/t19?,20-,21-,23-,38?,39?/m1/s1. The third-order valence-corrected chi connectivity index (χ3v) is 17.4. The van der Waals surface area contributed by atoms with Crippen LogP contribution in [0.4, 0.5) is 8.78 Å². The fourth-order valence-corrected chi connectivity index (χ4v) is 8.85. The van der Waals surface area contributed by atoms with E-state index in [4.69, 9.17) is 33.8 Å². The van der Waals surface area contributed by atoms with E-state index >= 15 is 8.78 Å². The first kappa shape index (κ1) is 38.2. The molecule has 16 heteroatoms. The predicted molar refractivity (Wildman–Crippen MR) is 165 cm³/mol. The molecule has 1 aliphatic heterocycles. The average Bonchev–Trinajstić information content (AvgIpc) is 3.01. The van der Waals surface area contributed by atoms with Gasteiger partial charge in [0.2, 0.25) is 6.54 Å². The van der Waals surface area contributed by atoms with E-state index in [9.17, 15) is 9.13 Å². The summed E-state index contributed by atoms with van der Waals surface area (Å²) in [6, 6.07) is -0.722. The largest absolute Gasteiger partial charge is 0.409 e. The molecule has 0 bridgehead atoms. The Kier molecular flexibility index (Phi) is 13.2. The third kappa shape index (κ3) is 9.84. The Morgan fingerprint density at radius 1 is 1.18 bits per heavy atom. The Morgan fingerprint density at radius 2 is 1.75 bits per heavy atom. The first-order valence-corrected chi connectivity index (χ1v) is 22.9. The second kappa shape index (κ2) is 13.8. The number of rotatable bonds is 16. The highest BCUT2D eigenvalue weighted by Gasteiger charge is 2.63. The maximum atomic E-state index is 15.7. The predicted octanol–water partition coefficient (Wildman–Crippen LogP) is 6.21. The van der Waals surface area contributed by atoms with Gasteiger partial charge < -0.3 is 36.7 Å². The molecule has 3 unspecified atom stereocenters. The molecule has 1 heterocycles. The molecule has 1 rings (SSSR count). The highest BCUT2D eigenvalue weighted by Crippen LogP contribution is 2.62. The van der Waals surface area contributed by atoms with E-state index in [1.165, 1.54) is 13.8 Å². The van der Waals surface area contributed by atoms with Gasteiger partial charge in [-0.25, -0.2) is 6.57 Å². The van der Waals surface area contributed by atoms with Crippen LogP contribution in [-0.2, 0) is 36.4 Å². The van der Waals surface area contributed by atoms with E-state index in [-0.39, 0.29) is 37.4 Å². The second-order valence-corrected chi connectivity index (χ2v) is 25.3. The first-order chi connectivity index (χ1) is 17.9. The lowest BCUT2D eigenvalue weighted by atomic mass is 9.86. The maximum absolute atomic E-state index is 15.7. The van der Waals surface area contributed by atoms with Crippen LogP contribution in [0.3, 0.4) is 0 Å². The van der Waals surface area contributed by atoms with Gasteiger partial charge in [-0.3, -0.25) is 4.57 Å². The zero-order valence-corrected chi connectivity index (χ0v) is 29.7. The van der Waals surface area contributed by atoms with E-state index in [0.29, 0.717) is 0 Å². The number of hydrogen-bond donors (Lipinski definition) is 0. The number of nitrogens with zero attached hydrogens (tertiary/aromatic N) is 1. The summed E-state index contributed by atoms with van der Waals surface area (Å²) in [4.78, 5) is 3.27. The minimum absolute atomic E-state index is 0.0247. The van der Waals surface area contributed by atoms with Crippen LogP contribution in [0.25, 0.3) is 4.85 Å². The summed E-state index contributed by atoms with van der Waals surface area (Å²) in [5, 5.41) is -0.229. The summed E-state index contributed by atoms with van der Waals surface area (Å²) in [6.07, 6.45) is 0.769. The van der Waals surface area contributed by atoms with Crippen LogP contribution >= 0.6 is 22.1 Å². The Morgan fingerprint density at radius 3 is 2.20 bits per heavy atom. The number of alkyl halides is 2. The Balaban J connectivity index is 3.81. The Hall–Kier alpha value is 0.152. The lowest BCUT2D eigenvalue weighted by Crippen LogP contribution is -2.53. The molecule has 40 heavy (non-hydrogen) atoms. The van der Waals surface area contributed by atoms with Crippen LogP contribution in [0.1, 0.15) is 40.5 Å². The molecule has 0 radical (unpaired) electrons. The molecule has 0 aromatic heterocycles. The SMILES string of the molecule is B[C@@H]1O[C@](CCP(C)(=O)OCC)(CC(F)(F)P(C)(C)=O)[C@H](OP(=C)(OC)OCC[N+]#[C-])C1O[Si](C)(C)C(C)(C)C. The van der Waals surface area contributed by atoms with E-state index in [0.717, 1.165) is 13.3 Å². The van der Waals surface area contributed by atoms with Crippen LogP contribution in [0.5, 0.6) is 0 Å². The Bertz CT molecular complexity index is 1050. The summed E-state index contributed by atoms with van der Waals surface area (Å²) in [7, 11) is -10.0. The molecule has 0 N–H and O–H groups in total. The van der Waals surface area contributed by atoms with Gasteiger partial charge in [0.1, 0.15) is 33.3 Å². The van der Waals surface area contributed by atoms with E-state index in [1.54, 1.807) is 14.8 Å². The van der Waals surface area contributed by atoms with Crippen molar-refractivity contribution in [2.75, 3.05) is 53.0 Å². The van der Waals surface area contributed by atoms with Gasteiger partial charge in [-0.2, -0.15) is 8.78 Å². The van der Waals surface area contributed by atoms with Crippen molar-refractivity contribution < 1.29 is 45.2 Å². The monoisotopic (exact) mass is 649 g/mol. The minimum Gasteiger partial charge on any atom is -0.409 e. The highest BCUT2D eigenvalue weighted by atomic mass is 31.2. The fraction of sp³-hybridized carbons (Fsp3) is 0.917. The van der Waals surface area contributed by atoms with E-state index in [1.807, 2.05) is 13.1 Å². The van der Waals surface area contributed by atoms with Gasteiger partial charge >= 0.3 is 0 Å². The molecule has 1 aliphatic rings. The normalized spacial score (nSPS) is 27.6. The van der Waals surface area contributed by atoms with Crippen molar-refractivity contribution in [2.45, 2.75) is 88.1 Å². The smallest absolute Gasteiger partial charge is 0.300 e. The summed E-state index contributed by atoms with van der Waals surface area (Å²) in [5.41, 5.74) is -5.42. The zero-order chi connectivity index (χ0) is 31.4. The van der Waals surface area contributed by atoms with Crippen molar-refractivity contribution in [3.05, 3.63) is 11.4 Å². The molecule has 9 nitrogen and oxygen atoms in total. The lowest BCUT2D eigenvalue weighted by Gasteiger charge is -2.43. The van der Waals surface area contributed by atoms with Crippen molar-refractivity contribution in [1.29, 1.82) is 0 Å². The van der Waals surface area contributed by atoms with Crippen LogP contribution in [0, 0.1) is 6.57 Å². The van der Waals surface area contributed by atoms with Gasteiger partial charge in [0.05, 0.1) is 25.1 Å². The molecule has 0 aliphatic carbocycles. The molecular weight excluding hydrogens is 600 g/mol. The first-order valence-electron chi connectivity index (χ1n) is 13.4. The minimum atomic E-state index is -3.96. The molecule has 1 saturated heterocycles. The summed E-state index contributed by atoms with van der Waals surface area (Å²) in [6.45, 7) is 22.7. The quantitative estimate of drug-likeness (QED) is 0.0844. The zero-order valence-electron chi connectivity index (χ0n) is 26.0. The average molecular weight is 649 g/mol. The van der Waals surface area contributed by atoms with Crippen molar-refractivity contribution in [3.63, 3.8) is 0 Å². The van der Waals surface area contributed by atoms with Crippen LogP contribution in [0.2, 0.25) is 18.1 Å². The van der Waals surface area contributed by atoms with Crippen molar-refractivity contribution >= 4 is 44.5 Å². The van der Waals surface area contributed by atoms with Crippen LogP contribution < -0.4 is 0 Å². The molecule has 234 valence electrons. The molecular formula is C24H49BF2NO8P3Si. The van der Waals surface area contributed by atoms with Crippen LogP contribution in [-0.4, -0.2) is 105 Å². The molecule has 0 aromatic carbocycles.